The van der Waals surface area contributed by atoms with E-state index in [2.05, 4.69) is 26.7 Å². The van der Waals surface area contributed by atoms with Gasteiger partial charge in [0.2, 0.25) is 0 Å². The Labute approximate surface area is 121 Å². The number of unbranched alkanes of at least 4 members (excludes halogenated alkanes) is 6. The summed E-state index contributed by atoms with van der Waals surface area (Å²) in [5.74, 6) is 0. The number of nitrogens with zero attached hydrogens (tertiary/aromatic N) is 1. The molecule has 0 saturated heterocycles. The molecule has 0 bridgehead atoms. The maximum atomic E-state index is 3.90. The van der Waals surface area contributed by atoms with Gasteiger partial charge in [-0.25, -0.2) is 0 Å². The number of rotatable bonds is 14. The van der Waals surface area contributed by atoms with Gasteiger partial charge in [-0.15, -0.1) is 0 Å². The number of hydrogen-bond donors (Lipinski definition) is 0. The summed E-state index contributed by atoms with van der Waals surface area (Å²) < 4.78 is 1.05. The van der Waals surface area contributed by atoms with Gasteiger partial charge in [-0.3, -0.25) is 0 Å². The maximum Gasteiger partial charge on any atom is 0.0975 e. The van der Waals surface area contributed by atoms with Gasteiger partial charge in [0, 0.05) is 0 Å². The van der Waals surface area contributed by atoms with Crippen molar-refractivity contribution in [3.8, 4) is 0 Å². The summed E-state index contributed by atoms with van der Waals surface area (Å²) in [6, 6.07) is 0. The maximum absolute atomic E-state index is 3.90. The zero-order chi connectivity index (χ0) is 14.4. The zero-order valence-electron chi connectivity index (χ0n) is 13.1. The van der Waals surface area contributed by atoms with Gasteiger partial charge in [0.1, 0.15) is 0 Å². The summed E-state index contributed by atoms with van der Waals surface area (Å²) in [6.45, 7) is 18.3. The summed E-state index contributed by atoms with van der Waals surface area (Å²) >= 11 is 0. The molecule has 0 radical (unpaired) electrons. The SMILES string of the molecule is C=CC[N+](CC=C)(CC=C)CCCCCCCCC. The van der Waals surface area contributed by atoms with Crippen LogP contribution in [-0.2, 0) is 0 Å². The fourth-order valence-electron chi connectivity index (χ4n) is 2.72. The molecule has 0 rings (SSSR count). The lowest BCUT2D eigenvalue weighted by Gasteiger charge is -2.36. The van der Waals surface area contributed by atoms with E-state index in [0.29, 0.717) is 0 Å². The van der Waals surface area contributed by atoms with Crippen LogP contribution in [0.15, 0.2) is 38.0 Å². The van der Waals surface area contributed by atoms with E-state index in [9.17, 15) is 0 Å². The predicted molar refractivity (Wildman–Crippen MR) is 88.3 cm³/mol. The number of hydrogen-bond acceptors (Lipinski definition) is 0. The van der Waals surface area contributed by atoms with Crippen LogP contribution in [0.3, 0.4) is 0 Å². The monoisotopic (exact) mass is 264 g/mol. The predicted octanol–water partition coefficient (Wildman–Crippen LogP) is 5.11. The Morgan fingerprint density at radius 3 is 1.53 bits per heavy atom. The molecule has 19 heavy (non-hydrogen) atoms. The van der Waals surface area contributed by atoms with Crippen LogP contribution >= 0.6 is 0 Å². The molecule has 0 saturated carbocycles. The first-order chi connectivity index (χ1) is 9.24. The Hall–Kier alpha value is -0.820. The van der Waals surface area contributed by atoms with Crippen LogP contribution < -0.4 is 0 Å². The largest absolute Gasteiger partial charge is 0.314 e. The molecule has 0 aromatic carbocycles. The normalized spacial score (nSPS) is 11.2. The molecule has 0 N–H and O–H groups in total. The van der Waals surface area contributed by atoms with Crippen LogP contribution in [0.2, 0.25) is 0 Å². The molecule has 0 fully saturated rings. The highest BCUT2D eigenvalue weighted by atomic mass is 15.3. The average molecular weight is 264 g/mol. The van der Waals surface area contributed by atoms with Crippen LogP contribution in [0.25, 0.3) is 0 Å². The molecule has 0 atom stereocenters. The van der Waals surface area contributed by atoms with E-state index in [-0.39, 0.29) is 0 Å². The van der Waals surface area contributed by atoms with E-state index < -0.39 is 0 Å². The van der Waals surface area contributed by atoms with E-state index in [1.807, 2.05) is 18.2 Å². The van der Waals surface area contributed by atoms with Crippen LogP contribution in [0, 0.1) is 0 Å². The summed E-state index contributed by atoms with van der Waals surface area (Å²) in [6.07, 6.45) is 15.7. The van der Waals surface area contributed by atoms with Gasteiger partial charge in [0.05, 0.1) is 26.2 Å². The summed E-state index contributed by atoms with van der Waals surface area (Å²) in [5, 5.41) is 0. The van der Waals surface area contributed by atoms with Gasteiger partial charge in [0.15, 0.2) is 0 Å². The Bertz CT molecular complexity index is 216. The van der Waals surface area contributed by atoms with Gasteiger partial charge in [0.25, 0.3) is 0 Å². The minimum atomic E-state index is 1.02. The Morgan fingerprint density at radius 2 is 1.11 bits per heavy atom. The second-order valence-electron chi connectivity index (χ2n) is 5.60. The van der Waals surface area contributed by atoms with Crippen LogP contribution in [0.1, 0.15) is 51.9 Å². The van der Waals surface area contributed by atoms with E-state index in [1.165, 1.54) is 51.5 Å². The van der Waals surface area contributed by atoms with Crippen molar-refractivity contribution in [2.45, 2.75) is 51.9 Å². The minimum Gasteiger partial charge on any atom is -0.314 e. The van der Waals surface area contributed by atoms with Crippen LogP contribution in [-0.4, -0.2) is 30.7 Å². The fraction of sp³-hybridized carbons (Fsp3) is 0.667. The molecule has 0 heterocycles. The molecule has 0 amide bonds. The quantitative estimate of drug-likeness (QED) is 0.232. The molecular formula is C18H34N+. The standard InChI is InChI=1S/C18H34N/c1-5-9-10-11-12-13-14-18-19(15-6-2,16-7-3)17-8-4/h6-8H,2-5,9-18H2,1H3/q+1. The summed E-state index contributed by atoms with van der Waals surface area (Å²) in [4.78, 5) is 0. The lowest BCUT2D eigenvalue weighted by molar-refractivity contribution is -0.912. The van der Waals surface area contributed by atoms with E-state index >= 15 is 0 Å². The van der Waals surface area contributed by atoms with Crippen molar-refractivity contribution < 1.29 is 4.48 Å². The highest BCUT2D eigenvalue weighted by Gasteiger charge is 2.21. The van der Waals surface area contributed by atoms with Gasteiger partial charge >= 0.3 is 0 Å². The fourth-order valence-corrected chi connectivity index (χ4v) is 2.72. The molecular weight excluding hydrogens is 230 g/mol. The van der Waals surface area contributed by atoms with Crippen molar-refractivity contribution in [3.63, 3.8) is 0 Å². The number of quaternary nitrogens is 1. The van der Waals surface area contributed by atoms with Crippen LogP contribution in [0.5, 0.6) is 0 Å². The van der Waals surface area contributed by atoms with Gasteiger partial charge in [-0.05, 0) is 31.1 Å². The Balaban J connectivity index is 3.99. The minimum absolute atomic E-state index is 1.02. The molecule has 1 heteroatoms. The van der Waals surface area contributed by atoms with Crippen molar-refractivity contribution in [2.24, 2.45) is 0 Å². The zero-order valence-corrected chi connectivity index (χ0v) is 13.1. The van der Waals surface area contributed by atoms with E-state index in [1.54, 1.807) is 0 Å². The van der Waals surface area contributed by atoms with Gasteiger partial charge in [-0.2, -0.15) is 0 Å². The lowest BCUT2D eigenvalue weighted by atomic mass is 10.1. The van der Waals surface area contributed by atoms with Crippen molar-refractivity contribution >= 4 is 0 Å². The molecule has 0 spiro atoms. The van der Waals surface area contributed by atoms with Gasteiger partial charge < -0.3 is 4.48 Å². The first-order valence-electron chi connectivity index (χ1n) is 7.92. The third-order valence-electron chi connectivity index (χ3n) is 3.79. The van der Waals surface area contributed by atoms with Crippen molar-refractivity contribution in [1.29, 1.82) is 0 Å². The smallest absolute Gasteiger partial charge is 0.0975 e. The van der Waals surface area contributed by atoms with Crippen molar-refractivity contribution in [3.05, 3.63) is 38.0 Å². The molecule has 0 unspecified atom stereocenters. The molecule has 0 aromatic heterocycles. The first kappa shape index (κ1) is 18.2. The van der Waals surface area contributed by atoms with E-state index in [0.717, 1.165) is 24.1 Å². The molecule has 1 nitrogen and oxygen atoms in total. The molecule has 0 aliphatic heterocycles. The lowest BCUT2D eigenvalue weighted by Crippen LogP contribution is -2.49. The van der Waals surface area contributed by atoms with Crippen LogP contribution in [0.4, 0.5) is 0 Å². The Kier molecular flexibility index (Phi) is 11.7. The second kappa shape index (κ2) is 12.2. The first-order valence-corrected chi connectivity index (χ1v) is 7.92. The van der Waals surface area contributed by atoms with Gasteiger partial charge in [-0.1, -0.05) is 58.8 Å². The summed E-state index contributed by atoms with van der Waals surface area (Å²) in [7, 11) is 0. The highest BCUT2D eigenvalue weighted by Crippen LogP contribution is 2.13. The summed E-state index contributed by atoms with van der Waals surface area (Å²) in [5.41, 5.74) is 0. The van der Waals surface area contributed by atoms with Crippen molar-refractivity contribution in [1.82, 2.24) is 0 Å². The van der Waals surface area contributed by atoms with E-state index in [4.69, 9.17) is 0 Å². The molecule has 0 aliphatic rings. The topological polar surface area (TPSA) is 0 Å². The average Bonchev–Trinajstić information content (AvgIpc) is 2.39. The molecule has 0 aliphatic carbocycles. The third kappa shape index (κ3) is 8.83. The molecule has 0 aromatic rings. The van der Waals surface area contributed by atoms with Crippen molar-refractivity contribution in [2.75, 3.05) is 26.2 Å². The third-order valence-corrected chi connectivity index (χ3v) is 3.79. The molecule has 110 valence electrons. The second-order valence-corrected chi connectivity index (χ2v) is 5.60. The Morgan fingerprint density at radius 1 is 0.684 bits per heavy atom. The highest BCUT2D eigenvalue weighted by molar-refractivity contribution is 4.76.